The second-order valence-electron chi connectivity index (χ2n) is 4.75. The highest BCUT2D eigenvalue weighted by Crippen LogP contribution is 2.56. The summed E-state index contributed by atoms with van der Waals surface area (Å²) in [5.74, 6) is -3.36. The van der Waals surface area contributed by atoms with E-state index in [4.69, 9.17) is 0 Å². The number of hydrogen-bond donors (Lipinski definition) is 2. The number of aliphatic carboxylic acids is 1. The van der Waals surface area contributed by atoms with E-state index in [-0.39, 0.29) is 12.2 Å². The molecule has 1 heterocycles. The van der Waals surface area contributed by atoms with Gasteiger partial charge in [0.15, 0.2) is 0 Å². The fourth-order valence-corrected chi connectivity index (χ4v) is 4.11. The molecule has 16 heavy (non-hydrogen) atoms. The Bertz CT molecular complexity index is 315. The molecule has 0 aromatic carbocycles. The predicted octanol–water partition coefficient (Wildman–Crippen LogP) is 1.74. The van der Waals surface area contributed by atoms with Crippen molar-refractivity contribution in [3.63, 3.8) is 0 Å². The van der Waals surface area contributed by atoms with Crippen molar-refractivity contribution in [3.8, 4) is 0 Å². The molecule has 0 bridgehead atoms. The summed E-state index contributed by atoms with van der Waals surface area (Å²) in [5, 5.41) is 19.5. The van der Waals surface area contributed by atoms with Crippen molar-refractivity contribution in [2.75, 3.05) is 11.5 Å². The second-order valence-corrected chi connectivity index (χ2v) is 5.86. The first-order chi connectivity index (χ1) is 7.31. The summed E-state index contributed by atoms with van der Waals surface area (Å²) in [5.41, 5.74) is -3.12. The molecule has 2 N–H and O–H groups in total. The number of carboxylic acid groups (broad SMARTS) is 1. The van der Waals surface area contributed by atoms with E-state index >= 15 is 0 Å². The van der Waals surface area contributed by atoms with Gasteiger partial charge in [0.05, 0.1) is 5.60 Å². The smallest absolute Gasteiger partial charge is 0.312 e. The van der Waals surface area contributed by atoms with E-state index in [1.165, 1.54) is 11.8 Å². The minimum Gasteiger partial charge on any atom is -0.481 e. The van der Waals surface area contributed by atoms with Gasteiger partial charge in [0.1, 0.15) is 5.41 Å². The van der Waals surface area contributed by atoms with Crippen molar-refractivity contribution < 1.29 is 23.8 Å². The van der Waals surface area contributed by atoms with Crippen molar-refractivity contribution in [3.05, 3.63) is 0 Å². The molecule has 0 amide bonds. The van der Waals surface area contributed by atoms with Gasteiger partial charge in [-0.2, -0.15) is 11.8 Å². The topological polar surface area (TPSA) is 57.5 Å². The van der Waals surface area contributed by atoms with Crippen LogP contribution in [-0.2, 0) is 4.79 Å². The van der Waals surface area contributed by atoms with Gasteiger partial charge in [-0.15, -0.1) is 0 Å². The van der Waals surface area contributed by atoms with Crippen LogP contribution in [0.15, 0.2) is 0 Å². The minimum atomic E-state index is -2.96. The van der Waals surface area contributed by atoms with Crippen LogP contribution in [0.3, 0.4) is 0 Å². The van der Waals surface area contributed by atoms with E-state index in [1.807, 2.05) is 0 Å². The van der Waals surface area contributed by atoms with Gasteiger partial charge in [0.25, 0.3) is 0 Å². The number of rotatable bonds is 2. The molecule has 1 aliphatic carbocycles. The largest absolute Gasteiger partial charge is 0.481 e. The number of halogens is 2. The lowest BCUT2D eigenvalue weighted by molar-refractivity contribution is -0.169. The van der Waals surface area contributed by atoms with Gasteiger partial charge in [-0.05, 0) is 18.6 Å². The molecule has 0 spiro atoms. The maximum atomic E-state index is 13.2. The van der Waals surface area contributed by atoms with Crippen LogP contribution in [0.25, 0.3) is 0 Å². The van der Waals surface area contributed by atoms with E-state index in [2.05, 4.69) is 0 Å². The van der Waals surface area contributed by atoms with Gasteiger partial charge >= 0.3 is 5.97 Å². The van der Waals surface area contributed by atoms with Crippen LogP contribution >= 0.6 is 11.8 Å². The van der Waals surface area contributed by atoms with Crippen LogP contribution in [0.1, 0.15) is 25.7 Å². The zero-order valence-electron chi connectivity index (χ0n) is 8.71. The fraction of sp³-hybridized carbons (Fsp3) is 0.900. The van der Waals surface area contributed by atoms with Gasteiger partial charge in [-0.1, -0.05) is 0 Å². The maximum Gasteiger partial charge on any atom is 0.312 e. The molecule has 0 aromatic rings. The van der Waals surface area contributed by atoms with Crippen LogP contribution in [0.5, 0.6) is 0 Å². The third-order valence-electron chi connectivity index (χ3n) is 3.78. The fourth-order valence-electron chi connectivity index (χ4n) is 2.72. The second kappa shape index (κ2) is 3.57. The standard InChI is InChI=1S/C10H14F2O3S/c11-10(12)2-1-8(5-10,7(13)14)9(15)3-4-16-6-9/h15H,1-6H2,(H,13,14). The summed E-state index contributed by atoms with van der Waals surface area (Å²) in [6, 6.07) is 0. The van der Waals surface area contributed by atoms with Crippen LogP contribution in [0.4, 0.5) is 8.78 Å². The molecule has 6 heteroatoms. The Hall–Kier alpha value is -0.360. The SMILES string of the molecule is O=C(O)C1(C2(O)CCSC2)CCC(F)(F)C1. The Morgan fingerprint density at radius 1 is 1.25 bits per heavy atom. The van der Waals surface area contributed by atoms with Gasteiger partial charge in [0.2, 0.25) is 5.92 Å². The first kappa shape index (κ1) is 12.1. The number of thioether (sulfide) groups is 1. The highest BCUT2D eigenvalue weighted by atomic mass is 32.2. The molecule has 2 unspecified atom stereocenters. The van der Waals surface area contributed by atoms with Crippen molar-refractivity contribution in [1.29, 1.82) is 0 Å². The predicted molar refractivity (Wildman–Crippen MR) is 55.8 cm³/mol. The van der Waals surface area contributed by atoms with Crippen molar-refractivity contribution in [2.24, 2.45) is 5.41 Å². The lowest BCUT2D eigenvalue weighted by atomic mass is 9.70. The Kier molecular flexibility index (Phi) is 2.70. The molecule has 1 saturated heterocycles. The molecule has 2 aliphatic rings. The third kappa shape index (κ3) is 1.62. The lowest BCUT2D eigenvalue weighted by Crippen LogP contribution is -2.52. The van der Waals surface area contributed by atoms with Gasteiger partial charge in [0, 0.05) is 18.6 Å². The van der Waals surface area contributed by atoms with E-state index < -0.39 is 35.7 Å². The summed E-state index contributed by atoms with van der Waals surface area (Å²) in [4.78, 5) is 11.3. The minimum absolute atomic E-state index is 0.133. The van der Waals surface area contributed by atoms with Crippen molar-refractivity contribution >= 4 is 17.7 Å². The summed E-state index contributed by atoms with van der Waals surface area (Å²) < 4.78 is 26.5. The molecule has 0 radical (unpaired) electrons. The quantitative estimate of drug-likeness (QED) is 0.786. The number of carbonyl (C=O) groups is 1. The lowest BCUT2D eigenvalue weighted by Gasteiger charge is -2.38. The van der Waals surface area contributed by atoms with E-state index in [1.54, 1.807) is 0 Å². The average molecular weight is 252 g/mol. The molecular weight excluding hydrogens is 238 g/mol. The van der Waals surface area contributed by atoms with Crippen LogP contribution < -0.4 is 0 Å². The highest BCUT2D eigenvalue weighted by molar-refractivity contribution is 7.99. The summed E-state index contributed by atoms with van der Waals surface area (Å²) in [6.45, 7) is 0. The van der Waals surface area contributed by atoms with E-state index in [9.17, 15) is 23.8 Å². The van der Waals surface area contributed by atoms with E-state index in [0.717, 1.165) is 0 Å². The highest BCUT2D eigenvalue weighted by Gasteiger charge is 2.64. The Labute approximate surface area is 96.2 Å². The normalized spacial score (nSPS) is 42.4. The Morgan fingerprint density at radius 3 is 2.31 bits per heavy atom. The van der Waals surface area contributed by atoms with Crippen LogP contribution in [0.2, 0.25) is 0 Å². The molecule has 92 valence electrons. The Balaban J connectivity index is 2.34. The van der Waals surface area contributed by atoms with Gasteiger partial charge < -0.3 is 10.2 Å². The van der Waals surface area contributed by atoms with Crippen LogP contribution in [0, 0.1) is 5.41 Å². The number of hydrogen-bond acceptors (Lipinski definition) is 3. The average Bonchev–Trinajstić information content (AvgIpc) is 2.72. The molecular formula is C10H14F2O3S. The van der Waals surface area contributed by atoms with Crippen LogP contribution in [-0.4, -0.2) is 39.2 Å². The first-order valence-electron chi connectivity index (χ1n) is 5.23. The number of carboxylic acids is 1. The first-order valence-corrected chi connectivity index (χ1v) is 6.38. The van der Waals surface area contributed by atoms with Gasteiger partial charge in [-0.3, -0.25) is 4.79 Å². The summed E-state index contributed by atoms with van der Waals surface area (Å²) in [6.07, 6.45) is -1.01. The van der Waals surface area contributed by atoms with Gasteiger partial charge in [-0.25, -0.2) is 8.78 Å². The summed E-state index contributed by atoms with van der Waals surface area (Å²) >= 11 is 1.43. The number of aliphatic hydroxyl groups is 1. The zero-order chi connectivity index (χ0) is 12.0. The Morgan fingerprint density at radius 2 is 1.94 bits per heavy atom. The molecule has 3 nitrogen and oxygen atoms in total. The molecule has 2 fully saturated rings. The van der Waals surface area contributed by atoms with E-state index in [0.29, 0.717) is 12.2 Å². The zero-order valence-corrected chi connectivity index (χ0v) is 9.53. The third-order valence-corrected chi connectivity index (χ3v) is 4.95. The maximum absolute atomic E-state index is 13.2. The monoisotopic (exact) mass is 252 g/mol. The molecule has 2 rings (SSSR count). The molecule has 0 aromatic heterocycles. The number of alkyl halides is 2. The molecule has 2 atom stereocenters. The van der Waals surface area contributed by atoms with Crippen molar-refractivity contribution in [1.82, 2.24) is 0 Å². The van der Waals surface area contributed by atoms with Crippen molar-refractivity contribution in [2.45, 2.75) is 37.2 Å². The summed E-state index contributed by atoms with van der Waals surface area (Å²) in [7, 11) is 0. The molecule has 1 aliphatic heterocycles. The molecule has 1 saturated carbocycles.